The Morgan fingerprint density at radius 1 is 1.20 bits per heavy atom. The van der Waals surface area contributed by atoms with Crippen LogP contribution in [0.5, 0.6) is 0 Å². The third-order valence-electron chi connectivity index (χ3n) is 3.49. The predicted molar refractivity (Wildman–Crippen MR) is 88.0 cm³/mol. The second-order valence-corrected chi connectivity index (χ2v) is 6.84. The second kappa shape index (κ2) is 11.8. The Kier molecular flexibility index (Phi) is 11.8. The summed E-state index contributed by atoms with van der Waals surface area (Å²) in [6.07, 6.45) is 3.54. The molecule has 0 heterocycles. The molecule has 0 aliphatic rings. The molecular weight excluding hydrogens is 469 g/mol. The molecule has 0 saturated heterocycles. The molecular formula is C16H23CsO7S. The number of unbranched alkanes of at least 4 members (excludes halogenated alkanes) is 1. The Hall–Kier alpha value is 0.122. The summed E-state index contributed by atoms with van der Waals surface area (Å²) in [6, 6.07) is 2.88. The SMILES string of the molecule is CCCCC(CCC)OC(=O)c1ccc(C(=O)O)cc1S(=O)(=O)O.[Cs+].[H-]. The van der Waals surface area contributed by atoms with Crippen molar-refractivity contribution in [3.63, 3.8) is 0 Å². The van der Waals surface area contributed by atoms with Gasteiger partial charge in [-0.05, 0) is 31.0 Å². The summed E-state index contributed by atoms with van der Waals surface area (Å²) in [5.74, 6) is -2.26. The van der Waals surface area contributed by atoms with Crippen LogP contribution in [0.2, 0.25) is 0 Å². The molecule has 1 unspecified atom stereocenters. The molecule has 9 heteroatoms. The molecule has 1 aromatic carbocycles. The molecule has 1 rings (SSSR count). The van der Waals surface area contributed by atoms with Crippen LogP contribution in [0.15, 0.2) is 23.1 Å². The Morgan fingerprint density at radius 3 is 2.32 bits per heavy atom. The Balaban J connectivity index is 0. The molecule has 0 amide bonds. The van der Waals surface area contributed by atoms with Crippen LogP contribution in [0.4, 0.5) is 0 Å². The van der Waals surface area contributed by atoms with Gasteiger partial charge in [-0.3, -0.25) is 4.55 Å². The number of ether oxygens (including phenoxy) is 1. The average Bonchev–Trinajstić information content (AvgIpc) is 2.51. The minimum Gasteiger partial charge on any atom is -1.00 e. The fourth-order valence-electron chi connectivity index (χ4n) is 2.27. The summed E-state index contributed by atoms with van der Waals surface area (Å²) in [5, 5.41) is 8.92. The zero-order valence-electron chi connectivity index (χ0n) is 15.7. The standard InChI is InChI=1S/C16H22O7S.Cs.H/c1-3-5-7-12(6-4-2)23-16(19)13-9-8-11(15(17)18)10-14(13)24(20,21)22;;/h8-10,12H,3-7H2,1-2H3,(H,17,18)(H,20,21,22);;/q;+1;-1. The fraction of sp³-hybridized carbons (Fsp3) is 0.500. The first-order valence-electron chi connectivity index (χ1n) is 7.76. The van der Waals surface area contributed by atoms with E-state index in [0.717, 1.165) is 37.5 Å². The van der Waals surface area contributed by atoms with Crippen molar-refractivity contribution >= 4 is 22.1 Å². The topological polar surface area (TPSA) is 118 Å². The Bertz CT molecular complexity index is 707. The number of rotatable bonds is 9. The van der Waals surface area contributed by atoms with Crippen LogP contribution >= 0.6 is 0 Å². The number of esters is 1. The van der Waals surface area contributed by atoms with Crippen molar-refractivity contribution < 1.29 is 103 Å². The van der Waals surface area contributed by atoms with Crippen LogP contribution in [0.25, 0.3) is 0 Å². The van der Waals surface area contributed by atoms with Gasteiger partial charge in [0.15, 0.2) is 0 Å². The van der Waals surface area contributed by atoms with Crippen LogP contribution in [0, 0.1) is 0 Å². The number of carboxylic acid groups (broad SMARTS) is 1. The summed E-state index contributed by atoms with van der Waals surface area (Å²) in [6.45, 7) is 3.95. The van der Waals surface area contributed by atoms with E-state index in [9.17, 15) is 22.6 Å². The van der Waals surface area contributed by atoms with Gasteiger partial charge < -0.3 is 11.3 Å². The summed E-state index contributed by atoms with van der Waals surface area (Å²) < 4.78 is 37.6. The minimum atomic E-state index is -4.76. The van der Waals surface area contributed by atoms with Gasteiger partial charge in [0, 0.05) is 0 Å². The average molecular weight is 492 g/mol. The van der Waals surface area contributed by atoms with Crippen LogP contribution in [0.3, 0.4) is 0 Å². The number of hydrogen-bond donors (Lipinski definition) is 2. The van der Waals surface area contributed by atoms with Crippen molar-refractivity contribution in [1.82, 2.24) is 0 Å². The molecule has 1 atom stereocenters. The summed E-state index contributed by atoms with van der Waals surface area (Å²) in [5.41, 5.74) is -0.727. The van der Waals surface area contributed by atoms with Gasteiger partial charge in [0.05, 0.1) is 11.1 Å². The normalized spacial score (nSPS) is 12.1. The third-order valence-corrected chi connectivity index (χ3v) is 4.38. The van der Waals surface area contributed by atoms with Crippen LogP contribution in [0.1, 0.15) is 68.1 Å². The van der Waals surface area contributed by atoms with Crippen molar-refractivity contribution in [2.75, 3.05) is 0 Å². The quantitative estimate of drug-likeness (QED) is 0.375. The van der Waals surface area contributed by atoms with Gasteiger partial charge >= 0.3 is 80.8 Å². The first-order chi connectivity index (χ1) is 11.2. The van der Waals surface area contributed by atoms with Gasteiger partial charge in [-0.25, -0.2) is 9.59 Å². The van der Waals surface area contributed by atoms with E-state index in [1.807, 2.05) is 13.8 Å². The van der Waals surface area contributed by atoms with Gasteiger partial charge in [-0.2, -0.15) is 8.42 Å². The zero-order valence-corrected chi connectivity index (χ0v) is 21.8. The molecule has 136 valence electrons. The largest absolute Gasteiger partial charge is 1.00 e. The number of carbonyl (C=O) groups excluding carboxylic acids is 1. The fourth-order valence-corrected chi connectivity index (χ4v) is 2.97. The Morgan fingerprint density at radius 2 is 1.84 bits per heavy atom. The van der Waals surface area contributed by atoms with Gasteiger partial charge in [-0.1, -0.05) is 33.1 Å². The van der Waals surface area contributed by atoms with Crippen LogP contribution in [-0.4, -0.2) is 36.1 Å². The molecule has 0 saturated carbocycles. The maximum Gasteiger partial charge on any atom is 1.00 e. The first-order valence-corrected chi connectivity index (χ1v) is 9.20. The second-order valence-electron chi connectivity index (χ2n) is 5.45. The van der Waals surface area contributed by atoms with Gasteiger partial charge in [0.2, 0.25) is 0 Å². The summed E-state index contributed by atoms with van der Waals surface area (Å²) >= 11 is 0. The van der Waals surface area contributed by atoms with Crippen molar-refractivity contribution in [3.8, 4) is 0 Å². The first kappa shape index (κ1) is 25.1. The number of carbonyl (C=O) groups is 2. The zero-order chi connectivity index (χ0) is 18.3. The van der Waals surface area contributed by atoms with Crippen molar-refractivity contribution in [1.29, 1.82) is 0 Å². The number of aromatic carboxylic acids is 1. The molecule has 0 radical (unpaired) electrons. The Labute approximate surface area is 208 Å². The van der Waals surface area contributed by atoms with E-state index in [1.54, 1.807) is 0 Å². The molecule has 0 bridgehead atoms. The summed E-state index contributed by atoms with van der Waals surface area (Å²) in [4.78, 5) is 22.5. The van der Waals surface area contributed by atoms with Gasteiger partial charge in [0.1, 0.15) is 11.0 Å². The monoisotopic (exact) mass is 492 g/mol. The van der Waals surface area contributed by atoms with E-state index < -0.39 is 27.0 Å². The molecule has 0 spiro atoms. The molecule has 0 aliphatic heterocycles. The van der Waals surface area contributed by atoms with Crippen molar-refractivity contribution in [2.45, 2.75) is 57.0 Å². The van der Waals surface area contributed by atoms with Crippen molar-refractivity contribution in [3.05, 3.63) is 29.3 Å². The summed E-state index contributed by atoms with van der Waals surface area (Å²) in [7, 11) is -4.76. The van der Waals surface area contributed by atoms with Crippen LogP contribution in [-0.2, 0) is 14.9 Å². The van der Waals surface area contributed by atoms with Crippen molar-refractivity contribution in [2.24, 2.45) is 0 Å². The maximum absolute atomic E-state index is 12.3. The third kappa shape index (κ3) is 8.12. The smallest absolute Gasteiger partial charge is 1.00 e. The van der Waals surface area contributed by atoms with Crippen LogP contribution < -0.4 is 68.9 Å². The molecule has 1 aromatic rings. The van der Waals surface area contributed by atoms with E-state index in [-0.39, 0.29) is 87.6 Å². The molecule has 0 aromatic heterocycles. The maximum atomic E-state index is 12.3. The van der Waals surface area contributed by atoms with E-state index in [1.165, 1.54) is 0 Å². The van der Waals surface area contributed by atoms with E-state index in [2.05, 4.69) is 0 Å². The van der Waals surface area contributed by atoms with Gasteiger partial charge in [-0.15, -0.1) is 0 Å². The predicted octanol–water partition coefficient (Wildman–Crippen LogP) is 0.264. The molecule has 0 aliphatic carbocycles. The molecule has 7 nitrogen and oxygen atoms in total. The number of benzene rings is 1. The molecule has 25 heavy (non-hydrogen) atoms. The van der Waals surface area contributed by atoms with E-state index in [0.29, 0.717) is 12.8 Å². The number of carboxylic acids is 1. The van der Waals surface area contributed by atoms with E-state index >= 15 is 0 Å². The minimum absolute atomic E-state index is 0. The van der Waals surface area contributed by atoms with Gasteiger partial charge in [0.25, 0.3) is 10.1 Å². The van der Waals surface area contributed by atoms with E-state index in [4.69, 9.17) is 9.84 Å². The number of hydrogen-bond acceptors (Lipinski definition) is 5. The molecule has 0 fully saturated rings. The molecule has 2 N–H and O–H groups in total.